The van der Waals surface area contributed by atoms with Crippen LogP contribution in [-0.2, 0) is 13.1 Å². The van der Waals surface area contributed by atoms with E-state index >= 15 is 0 Å². The Morgan fingerprint density at radius 1 is 0.558 bits per heavy atom. The molecule has 1 aliphatic rings. The van der Waals surface area contributed by atoms with Crippen molar-refractivity contribution < 1.29 is 28.4 Å². The molecule has 5 aromatic rings. The first-order valence-electron chi connectivity index (χ1n) is 17.4. The Kier molecular flexibility index (Phi) is 12.1. The molecule has 9 heteroatoms. The highest BCUT2D eigenvalue weighted by molar-refractivity contribution is 9.10. The fraction of sp³-hybridized carbons (Fsp3) is 0.302. The van der Waals surface area contributed by atoms with Gasteiger partial charge in [-0.25, -0.2) is 0 Å². The quantitative estimate of drug-likeness (QED) is 0.111. The van der Waals surface area contributed by atoms with Crippen molar-refractivity contribution in [1.82, 2.24) is 4.90 Å². The minimum atomic E-state index is 0.396. The summed E-state index contributed by atoms with van der Waals surface area (Å²) in [4.78, 5) is 5.14. The Bertz CT molecular complexity index is 1910. The molecule has 0 radical (unpaired) electrons. The van der Waals surface area contributed by atoms with Gasteiger partial charge >= 0.3 is 0 Å². The number of likely N-dealkylation sites (tertiary alicyclic amines) is 1. The van der Waals surface area contributed by atoms with Crippen LogP contribution in [0, 0.1) is 0 Å². The van der Waals surface area contributed by atoms with E-state index in [1.807, 2.05) is 24.3 Å². The predicted molar refractivity (Wildman–Crippen MR) is 212 cm³/mol. The number of rotatable bonds is 14. The van der Waals surface area contributed by atoms with Crippen LogP contribution in [0.25, 0.3) is 22.3 Å². The summed E-state index contributed by atoms with van der Waals surface area (Å²) in [5.74, 6) is 3.75. The van der Waals surface area contributed by atoms with Gasteiger partial charge in [0.25, 0.3) is 0 Å². The van der Waals surface area contributed by atoms with Crippen LogP contribution < -0.4 is 33.3 Å². The molecule has 0 aliphatic carbocycles. The number of anilines is 1. The molecular weight excluding hydrogens is 720 g/mol. The standard InChI is InChI=1S/C43H47BrN2O6/c1-47-38-23-33(24-39(48-2)42(38)51-5)31-11-7-9-29(21-31)27-45-19-17-37(18-20-45)46(36-15-13-35(44)14-16-36)28-30-10-8-12-32(22-30)34-25-40(49-3)43(52-6)41(26-34)50-4/h7-16,21-26,37H,17-20,27-28H2,1-6H3. The van der Waals surface area contributed by atoms with E-state index in [1.165, 1.54) is 16.8 Å². The molecule has 1 heterocycles. The normalized spacial score (nSPS) is 13.4. The number of nitrogens with zero attached hydrogens (tertiary/aromatic N) is 2. The average Bonchev–Trinajstić information content (AvgIpc) is 3.19. The van der Waals surface area contributed by atoms with Gasteiger partial charge in [0.1, 0.15) is 0 Å². The molecule has 1 aliphatic heterocycles. The second-order valence-electron chi connectivity index (χ2n) is 12.8. The Labute approximate surface area is 315 Å². The van der Waals surface area contributed by atoms with Gasteiger partial charge in [-0.15, -0.1) is 0 Å². The second-order valence-corrected chi connectivity index (χ2v) is 13.8. The molecule has 5 aromatic carbocycles. The first-order valence-corrected chi connectivity index (χ1v) is 18.2. The zero-order valence-electron chi connectivity index (χ0n) is 30.8. The van der Waals surface area contributed by atoms with Crippen LogP contribution in [0.15, 0.2) is 102 Å². The van der Waals surface area contributed by atoms with Crippen molar-refractivity contribution in [3.63, 3.8) is 0 Å². The molecule has 1 saturated heterocycles. The summed E-state index contributed by atoms with van der Waals surface area (Å²) in [6, 6.07) is 34.6. The first-order chi connectivity index (χ1) is 25.4. The molecular formula is C43H47BrN2O6. The largest absolute Gasteiger partial charge is 0.493 e. The molecule has 52 heavy (non-hydrogen) atoms. The van der Waals surface area contributed by atoms with Crippen molar-refractivity contribution in [3.8, 4) is 56.8 Å². The summed E-state index contributed by atoms with van der Waals surface area (Å²) in [5, 5.41) is 0. The van der Waals surface area contributed by atoms with Gasteiger partial charge in [0.15, 0.2) is 23.0 Å². The summed E-state index contributed by atoms with van der Waals surface area (Å²) in [5.41, 5.74) is 7.97. The van der Waals surface area contributed by atoms with Crippen molar-refractivity contribution in [3.05, 3.63) is 113 Å². The molecule has 0 N–H and O–H groups in total. The maximum atomic E-state index is 5.65. The number of halogens is 1. The lowest BCUT2D eigenvalue weighted by Crippen LogP contribution is -2.44. The number of ether oxygens (including phenoxy) is 6. The minimum absolute atomic E-state index is 0.396. The molecule has 0 saturated carbocycles. The summed E-state index contributed by atoms with van der Waals surface area (Å²) in [6.45, 7) is 3.71. The smallest absolute Gasteiger partial charge is 0.203 e. The van der Waals surface area contributed by atoms with E-state index in [2.05, 4.69) is 98.5 Å². The van der Waals surface area contributed by atoms with E-state index < -0.39 is 0 Å². The summed E-state index contributed by atoms with van der Waals surface area (Å²) < 4.78 is 34.7. The van der Waals surface area contributed by atoms with Gasteiger partial charge in [-0.2, -0.15) is 0 Å². The van der Waals surface area contributed by atoms with Gasteiger partial charge in [-0.05, 0) is 107 Å². The van der Waals surface area contributed by atoms with Gasteiger partial charge < -0.3 is 33.3 Å². The highest BCUT2D eigenvalue weighted by Gasteiger charge is 2.26. The molecule has 0 amide bonds. The molecule has 0 spiro atoms. The van der Waals surface area contributed by atoms with Crippen molar-refractivity contribution in [1.29, 1.82) is 0 Å². The number of benzene rings is 5. The van der Waals surface area contributed by atoms with Crippen molar-refractivity contribution in [2.24, 2.45) is 0 Å². The molecule has 0 bridgehead atoms. The molecule has 0 aromatic heterocycles. The van der Waals surface area contributed by atoms with Crippen LogP contribution in [0.2, 0.25) is 0 Å². The van der Waals surface area contributed by atoms with Crippen molar-refractivity contribution in [2.45, 2.75) is 32.0 Å². The van der Waals surface area contributed by atoms with Crippen LogP contribution in [0.3, 0.4) is 0 Å². The first kappa shape index (κ1) is 36.9. The topological polar surface area (TPSA) is 61.9 Å². The zero-order chi connectivity index (χ0) is 36.6. The Balaban J connectivity index is 1.19. The van der Waals surface area contributed by atoms with E-state index in [0.717, 1.165) is 65.7 Å². The van der Waals surface area contributed by atoms with Crippen LogP contribution in [0.5, 0.6) is 34.5 Å². The van der Waals surface area contributed by atoms with E-state index in [1.54, 1.807) is 42.7 Å². The van der Waals surface area contributed by atoms with E-state index in [-0.39, 0.29) is 0 Å². The summed E-state index contributed by atoms with van der Waals surface area (Å²) in [6.07, 6.45) is 2.13. The fourth-order valence-corrected chi connectivity index (χ4v) is 7.37. The van der Waals surface area contributed by atoms with E-state index in [0.29, 0.717) is 40.5 Å². The fourth-order valence-electron chi connectivity index (χ4n) is 7.10. The van der Waals surface area contributed by atoms with Crippen molar-refractivity contribution >= 4 is 21.6 Å². The second kappa shape index (κ2) is 17.1. The van der Waals surface area contributed by atoms with Crippen LogP contribution in [0.1, 0.15) is 24.0 Å². The maximum Gasteiger partial charge on any atom is 0.203 e. The number of methoxy groups -OCH3 is 6. The molecule has 0 unspecified atom stereocenters. The highest BCUT2D eigenvalue weighted by Crippen LogP contribution is 2.43. The molecule has 272 valence electrons. The monoisotopic (exact) mass is 766 g/mol. The minimum Gasteiger partial charge on any atom is -0.493 e. The predicted octanol–water partition coefficient (Wildman–Crippen LogP) is 9.51. The Hall–Kier alpha value is -4.86. The van der Waals surface area contributed by atoms with Gasteiger partial charge in [0, 0.05) is 42.4 Å². The number of piperidine rings is 1. The van der Waals surface area contributed by atoms with Gasteiger partial charge in [-0.1, -0.05) is 52.3 Å². The molecule has 0 atom stereocenters. The number of hydrogen-bond acceptors (Lipinski definition) is 8. The average molecular weight is 768 g/mol. The van der Waals surface area contributed by atoms with E-state index in [9.17, 15) is 0 Å². The third kappa shape index (κ3) is 8.27. The number of hydrogen-bond donors (Lipinski definition) is 0. The Morgan fingerprint density at radius 3 is 1.48 bits per heavy atom. The lowest BCUT2D eigenvalue weighted by molar-refractivity contribution is 0.201. The van der Waals surface area contributed by atoms with Crippen LogP contribution >= 0.6 is 15.9 Å². The van der Waals surface area contributed by atoms with Gasteiger partial charge in [0.2, 0.25) is 11.5 Å². The highest BCUT2D eigenvalue weighted by atomic mass is 79.9. The molecule has 8 nitrogen and oxygen atoms in total. The van der Waals surface area contributed by atoms with Crippen LogP contribution in [0.4, 0.5) is 5.69 Å². The third-order valence-corrected chi connectivity index (χ3v) is 10.3. The zero-order valence-corrected chi connectivity index (χ0v) is 32.4. The third-order valence-electron chi connectivity index (χ3n) is 9.77. The van der Waals surface area contributed by atoms with Gasteiger partial charge in [-0.3, -0.25) is 4.90 Å². The lowest BCUT2D eigenvalue weighted by Gasteiger charge is -2.40. The summed E-state index contributed by atoms with van der Waals surface area (Å²) >= 11 is 3.63. The SMILES string of the molecule is COc1cc(-c2cccc(CN3CCC(N(Cc4cccc(-c5cc(OC)c(OC)c(OC)c5)c4)c4ccc(Br)cc4)CC3)c2)cc(OC)c1OC. The summed E-state index contributed by atoms with van der Waals surface area (Å²) in [7, 11) is 9.83. The molecule has 6 rings (SSSR count). The van der Waals surface area contributed by atoms with E-state index in [4.69, 9.17) is 28.4 Å². The van der Waals surface area contributed by atoms with Gasteiger partial charge in [0.05, 0.1) is 42.7 Å². The maximum absolute atomic E-state index is 5.65. The van der Waals surface area contributed by atoms with Crippen LogP contribution in [-0.4, -0.2) is 66.7 Å². The Morgan fingerprint density at radius 2 is 1.02 bits per heavy atom. The van der Waals surface area contributed by atoms with Crippen molar-refractivity contribution in [2.75, 3.05) is 60.6 Å². The lowest BCUT2D eigenvalue weighted by atomic mass is 9.98. The molecule has 1 fully saturated rings.